The van der Waals surface area contributed by atoms with Crippen LogP contribution in [0.4, 0.5) is 17.2 Å². The first-order chi connectivity index (χ1) is 17.7. The number of rotatable bonds is 5. The van der Waals surface area contributed by atoms with E-state index in [2.05, 4.69) is 44.4 Å². The zero-order valence-corrected chi connectivity index (χ0v) is 20.8. The first-order valence-electron chi connectivity index (χ1n) is 12.0. The maximum atomic E-state index is 13.0. The fourth-order valence-corrected chi connectivity index (χ4v) is 5.58. The number of hydrogen-bond donors (Lipinski definition) is 1. The van der Waals surface area contributed by atoms with E-state index in [4.69, 9.17) is 4.98 Å². The molecule has 0 bridgehead atoms. The highest BCUT2D eigenvalue weighted by molar-refractivity contribution is 7.19. The lowest BCUT2D eigenvalue weighted by Gasteiger charge is -2.36. The Balaban J connectivity index is 1.11. The molecule has 1 N–H and O–H groups in total. The van der Waals surface area contributed by atoms with Gasteiger partial charge in [-0.2, -0.15) is 0 Å². The Bertz CT molecular complexity index is 1490. The number of carbonyl (C=O) groups is 1. The second-order valence-electron chi connectivity index (χ2n) is 8.83. The number of aromatic nitrogens is 3. The van der Waals surface area contributed by atoms with Gasteiger partial charge >= 0.3 is 0 Å². The molecule has 3 aromatic heterocycles. The molecule has 0 spiro atoms. The summed E-state index contributed by atoms with van der Waals surface area (Å²) in [6.07, 6.45) is 3.72. The minimum Gasteiger partial charge on any atom is -0.368 e. The van der Waals surface area contributed by atoms with Gasteiger partial charge in [-0.1, -0.05) is 59.9 Å². The van der Waals surface area contributed by atoms with Crippen LogP contribution >= 0.6 is 11.3 Å². The van der Waals surface area contributed by atoms with Gasteiger partial charge in [-0.15, -0.1) is 0 Å². The fraction of sp³-hybridized carbons (Fsp3) is 0.179. The molecule has 0 saturated carbocycles. The van der Waals surface area contributed by atoms with Crippen molar-refractivity contribution in [1.29, 1.82) is 0 Å². The van der Waals surface area contributed by atoms with Crippen LogP contribution in [0.15, 0.2) is 85.2 Å². The predicted molar refractivity (Wildman–Crippen MR) is 146 cm³/mol. The van der Waals surface area contributed by atoms with E-state index in [1.165, 1.54) is 17.0 Å². The van der Waals surface area contributed by atoms with E-state index in [0.717, 1.165) is 53.9 Å². The average Bonchev–Trinajstić information content (AvgIpc) is 3.50. The Hall–Kier alpha value is -4.17. The molecule has 4 heterocycles. The lowest BCUT2D eigenvalue weighted by Crippen LogP contribution is -2.46. The molecule has 5 aromatic rings. The van der Waals surface area contributed by atoms with Crippen molar-refractivity contribution in [1.82, 2.24) is 14.4 Å². The number of fused-ring (bicyclic) bond motifs is 1. The van der Waals surface area contributed by atoms with Crippen LogP contribution in [-0.4, -0.2) is 46.5 Å². The second-order valence-corrected chi connectivity index (χ2v) is 9.81. The quantitative estimate of drug-likeness (QED) is 0.357. The van der Waals surface area contributed by atoms with Crippen LogP contribution in [0.5, 0.6) is 0 Å². The predicted octanol–water partition coefficient (Wildman–Crippen LogP) is 5.35. The number of benzene rings is 2. The van der Waals surface area contributed by atoms with E-state index < -0.39 is 0 Å². The topological polar surface area (TPSA) is 65.8 Å². The monoisotopic (exact) mass is 494 g/mol. The van der Waals surface area contributed by atoms with Crippen LogP contribution in [0, 0.1) is 6.92 Å². The Labute approximate surface area is 213 Å². The minimum atomic E-state index is -0.143. The van der Waals surface area contributed by atoms with Crippen LogP contribution < -0.4 is 15.1 Å². The van der Waals surface area contributed by atoms with Crippen molar-refractivity contribution < 1.29 is 4.79 Å². The number of aryl methyl sites for hydroxylation is 1. The molecule has 180 valence electrons. The van der Waals surface area contributed by atoms with E-state index in [0.29, 0.717) is 10.6 Å². The number of amides is 1. The number of nitrogens with zero attached hydrogens (tertiary/aromatic N) is 5. The van der Waals surface area contributed by atoms with E-state index >= 15 is 0 Å². The van der Waals surface area contributed by atoms with Gasteiger partial charge in [0.15, 0.2) is 4.96 Å². The molecule has 2 aromatic carbocycles. The highest BCUT2D eigenvalue weighted by atomic mass is 32.1. The number of anilines is 3. The summed E-state index contributed by atoms with van der Waals surface area (Å²) >= 11 is 1.40. The molecule has 1 aliphatic heterocycles. The number of para-hydroxylation sites is 1. The SMILES string of the molecule is Cc1c(C(=O)Nc2ccc(N3CCN(c4ccccc4)CC3)nc2)sc2nc(-c3ccccc3)cn12. The van der Waals surface area contributed by atoms with Crippen LogP contribution in [0.2, 0.25) is 0 Å². The molecular weight excluding hydrogens is 468 g/mol. The summed E-state index contributed by atoms with van der Waals surface area (Å²) in [5.74, 6) is 0.787. The third-order valence-electron chi connectivity index (χ3n) is 6.56. The molecule has 1 saturated heterocycles. The zero-order valence-electron chi connectivity index (χ0n) is 20.0. The maximum Gasteiger partial charge on any atom is 0.267 e. The highest BCUT2D eigenvalue weighted by Gasteiger charge is 2.20. The van der Waals surface area contributed by atoms with Gasteiger partial charge < -0.3 is 15.1 Å². The molecule has 0 atom stereocenters. The van der Waals surface area contributed by atoms with Crippen molar-refractivity contribution >= 4 is 39.4 Å². The summed E-state index contributed by atoms with van der Waals surface area (Å²) in [5.41, 5.74) is 4.79. The Kier molecular flexibility index (Phi) is 5.87. The normalized spacial score (nSPS) is 13.8. The van der Waals surface area contributed by atoms with Crippen molar-refractivity contribution in [3.8, 4) is 11.3 Å². The summed E-state index contributed by atoms with van der Waals surface area (Å²) in [6.45, 7) is 5.68. The smallest absolute Gasteiger partial charge is 0.267 e. The number of imidazole rings is 1. The summed E-state index contributed by atoms with van der Waals surface area (Å²) < 4.78 is 1.98. The summed E-state index contributed by atoms with van der Waals surface area (Å²) in [6, 6.07) is 24.5. The third kappa shape index (κ3) is 4.31. The molecule has 6 rings (SSSR count). The highest BCUT2D eigenvalue weighted by Crippen LogP contribution is 2.28. The van der Waals surface area contributed by atoms with Gasteiger partial charge in [-0.25, -0.2) is 9.97 Å². The van der Waals surface area contributed by atoms with Crippen LogP contribution in [0.1, 0.15) is 15.4 Å². The second kappa shape index (κ2) is 9.47. The molecule has 8 heteroatoms. The number of thiazole rings is 1. The molecule has 7 nitrogen and oxygen atoms in total. The minimum absolute atomic E-state index is 0.143. The van der Waals surface area contributed by atoms with E-state index in [1.54, 1.807) is 6.20 Å². The Morgan fingerprint density at radius 3 is 2.25 bits per heavy atom. The van der Waals surface area contributed by atoms with E-state index in [1.807, 2.05) is 66.1 Å². The summed E-state index contributed by atoms with van der Waals surface area (Å²) in [7, 11) is 0. The molecule has 0 radical (unpaired) electrons. The van der Waals surface area contributed by atoms with Crippen molar-refractivity contribution in [2.24, 2.45) is 0 Å². The van der Waals surface area contributed by atoms with E-state index in [-0.39, 0.29) is 5.91 Å². The summed E-state index contributed by atoms with van der Waals surface area (Å²) in [4.78, 5) is 28.5. The first kappa shape index (κ1) is 22.3. The lowest BCUT2D eigenvalue weighted by atomic mass is 10.2. The number of hydrogen-bond acceptors (Lipinski definition) is 6. The van der Waals surface area contributed by atoms with Gasteiger partial charge in [0.2, 0.25) is 0 Å². The fourth-order valence-electron chi connectivity index (χ4n) is 4.58. The molecular formula is C28H26N6OS. The van der Waals surface area contributed by atoms with Gasteiger partial charge in [0.25, 0.3) is 5.91 Å². The standard InChI is InChI=1S/C28H26N6OS/c1-20-26(36-28-31-24(19-34(20)28)21-8-4-2-5-9-21)27(35)30-22-12-13-25(29-18-22)33-16-14-32(15-17-33)23-10-6-3-7-11-23/h2-13,18-19H,14-17H2,1H3,(H,30,35). The largest absolute Gasteiger partial charge is 0.368 e. The zero-order chi connectivity index (χ0) is 24.5. The van der Waals surface area contributed by atoms with Gasteiger partial charge in [-0.05, 0) is 31.2 Å². The van der Waals surface area contributed by atoms with Gasteiger partial charge in [-0.3, -0.25) is 9.20 Å². The van der Waals surface area contributed by atoms with Crippen molar-refractivity contribution in [2.45, 2.75) is 6.92 Å². The third-order valence-corrected chi connectivity index (χ3v) is 7.72. The molecule has 1 amide bonds. The van der Waals surface area contributed by atoms with E-state index in [9.17, 15) is 4.79 Å². The average molecular weight is 495 g/mol. The lowest BCUT2D eigenvalue weighted by molar-refractivity contribution is 0.102. The molecule has 1 aliphatic rings. The first-order valence-corrected chi connectivity index (χ1v) is 12.8. The maximum absolute atomic E-state index is 13.0. The number of piperazine rings is 1. The Morgan fingerprint density at radius 2 is 1.58 bits per heavy atom. The molecule has 0 unspecified atom stereocenters. The molecule has 1 fully saturated rings. The number of carbonyl (C=O) groups excluding carboxylic acids is 1. The van der Waals surface area contributed by atoms with Crippen molar-refractivity contribution in [3.63, 3.8) is 0 Å². The van der Waals surface area contributed by atoms with Gasteiger partial charge in [0, 0.05) is 49.3 Å². The van der Waals surface area contributed by atoms with Crippen LogP contribution in [0.3, 0.4) is 0 Å². The van der Waals surface area contributed by atoms with Crippen molar-refractivity contribution in [2.75, 3.05) is 41.3 Å². The van der Waals surface area contributed by atoms with Crippen molar-refractivity contribution in [3.05, 3.63) is 95.8 Å². The molecule has 0 aliphatic carbocycles. The number of pyridine rings is 1. The molecule has 36 heavy (non-hydrogen) atoms. The summed E-state index contributed by atoms with van der Waals surface area (Å²) in [5, 5.41) is 3.00. The number of nitrogens with one attached hydrogen (secondary N) is 1. The van der Waals surface area contributed by atoms with Gasteiger partial charge in [0.05, 0.1) is 17.6 Å². The van der Waals surface area contributed by atoms with Gasteiger partial charge in [0.1, 0.15) is 10.7 Å². The van der Waals surface area contributed by atoms with Crippen LogP contribution in [0.25, 0.3) is 16.2 Å². The van der Waals surface area contributed by atoms with Crippen LogP contribution in [-0.2, 0) is 0 Å². The Morgan fingerprint density at radius 1 is 0.889 bits per heavy atom.